The molecule has 0 atom stereocenters. The molecule has 0 aliphatic carbocycles. The van der Waals surface area contributed by atoms with E-state index in [0.717, 1.165) is 11.2 Å². The Labute approximate surface area is 96.6 Å². The Bertz CT molecular complexity index is 829. The summed E-state index contributed by atoms with van der Waals surface area (Å²) in [5, 5.41) is 3.08. The fourth-order valence-corrected chi connectivity index (χ4v) is 2.36. The van der Waals surface area contributed by atoms with Crippen LogP contribution < -0.4 is 0 Å². The molecule has 1 aromatic carbocycles. The van der Waals surface area contributed by atoms with Crippen molar-refractivity contribution >= 4 is 26.8 Å². The lowest BCUT2D eigenvalue weighted by Gasteiger charge is -1.96. The molecule has 88 valence electrons. The minimum absolute atomic E-state index is 0.150. The van der Waals surface area contributed by atoms with E-state index in [-0.39, 0.29) is 4.90 Å². The number of fused-ring (bicyclic) bond motifs is 3. The predicted molar refractivity (Wildman–Crippen MR) is 61.6 cm³/mol. The average Bonchev–Trinajstić information content (AvgIpc) is 2.71. The Morgan fingerprint density at radius 1 is 1.35 bits per heavy atom. The van der Waals surface area contributed by atoms with E-state index in [1.54, 1.807) is 10.6 Å². The molecule has 0 radical (unpaired) electrons. The molecule has 17 heavy (non-hydrogen) atoms. The molecule has 3 aromatic rings. The van der Waals surface area contributed by atoms with Crippen molar-refractivity contribution < 1.29 is 13.0 Å². The molecule has 0 amide bonds. The van der Waals surface area contributed by atoms with Crippen LogP contribution in [0.5, 0.6) is 0 Å². The Kier molecular flexibility index (Phi) is 1.87. The van der Waals surface area contributed by atoms with Crippen molar-refractivity contribution in [2.24, 2.45) is 0 Å². The summed E-state index contributed by atoms with van der Waals surface area (Å²) in [6.45, 7) is 1.91. The van der Waals surface area contributed by atoms with E-state index in [4.69, 9.17) is 4.55 Å². The third-order valence-corrected chi connectivity index (χ3v) is 3.43. The number of benzene rings is 1. The quantitative estimate of drug-likeness (QED) is 0.639. The van der Waals surface area contributed by atoms with Crippen LogP contribution in [0.4, 0.5) is 0 Å². The van der Waals surface area contributed by atoms with Gasteiger partial charge in [-0.3, -0.25) is 9.65 Å². The summed E-state index contributed by atoms with van der Waals surface area (Å²) in [7, 11) is -4.18. The molecule has 2 heterocycles. The molecule has 0 aliphatic rings. The lowest BCUT2D eigenvalue weighted by atomic mass is 10.3. The number of H-pyrrole nitrogens is 1. The monoisotopic (exact) mass is 251 g/mol. The van der Waals surface area contributed by atoms with Crippen molar-refractivity contribution in [3.05, 3.63) is 30.0 Å². The van der Waals surface area contributed by atoms with Crippen LogP contribution in [0.25, 0.3) is 16.7 Å². The molecule has 0 saturated carbocycles. The van der Waals surface area contributed by atoms with Crippen LogP contribution in [0.3, 0.4) is 0 Å². The highest BCUT2D eigenvalue weighted by Crippen LogP contribution is 2.20. The number of rotatable bonds is 1. The van der Waals surface area contributed by atoms with Gasteiger partial charge >= 0.3 is 0 Å². The third kappa shape index (κ3) is 1.51. The minimum atomic E-state index is -4.18. The van der Waals surface area contributed by atoms with Gasteiger partial charge in [0, 0.05) is 11.8 Å². The van der Waals surface area contributed by atoms with Crippen molar-refractivity contribution in [3.63, 3.8) is 0 Å². The number of nitrogens with one attached hydrogen (secondary N) is 1. The number of aryl methyl sites for hydroxylation is 1. The van der Waals surface area contributed by atoms with Crippen molar-refractivity contribution in [1.82, 2.24) is 14.6 Å². The highest BCUT2D eigenvalue weighted by Gasteiger charge is 2.13. The maximum Gasteiger partial charge on any atom is 0.294 e. The summed E-state index contributed by atoms with van der Waals surface area (Å²) in [5.74, 6) is 0. The second-order valence-electron chi connectivity index (χ2n) is 3.87. The normalized spacial score (nSPS) is 12.6. The fourth-order valence-electron chi connectivity index (χ4n) is 1.86. The smallest absolute Gasteiger partial charge is 0.294 e. The van der Waals surface area contributed by atoms with Crippen LogP contribution in [0.1, 0.15) is 5.69 Å². The first-order valence-electron chi connectivity index (χ1n) is 4.90. The van der Waals surface area contributed by atoms with E-state index in [0.29, 0.717) is 11.2 Å². The minimum Gasteiger partial charge on any atom is -0.297 e. The lowest BCUT2D eigenvalue weighted by Crippen LogP contribution is -1.97. The van der Waals surface area contributed by atoms with E-state index >= 15 is 0 Å². The van der Waals surface area contributed by atoms with Crippen molar-refractivity contribution in [2.45, 2.75) is 11.8 Å². The SMILES string of the molecule is Cc1cc2nc3cc(S(=O)(=O)O)ccc3n2[nH]1. The van der Waals surface area contributed by atoms with E-state index in [2.05, 4.69) is 10.1 Å². The maximum atomic E-state index is 11.0. The Morgan fingerprint density at radius 3 is 2.82 bits per heavy atom. The molecule has 0 spiro atoms. The van der Waals surface area contributed by atoms with Gasteiger partial charge in [0.1, 0.15) is 0 Å². The molecule has 3 rings (SSSR count). The highest BCUT2D eigenvalue weighted by atomic mass is 32.2. The largest absolute Gasteiger partial charge is 0.297 e. The van der Waals surface area contributed by atoms with Crippen molar-refractivity contribution in [1.29, 1.82) is 0 Å². The second kappa shape index (κ2) is 3.08. The van der Waals surface area contributed by atoms with Crippen LogP contribution >= 0.6 is 0 Å². The second-order valence-corrected chi connectivity index (χ2v) is 5.29. The molecule has 2 aromatic heterocycles. The van der Waals surface area contributed by atoms with Crippen LogP contribution in [-0.4, -0.2) is 27.6 Å². The molecule has 0 unspecified atom stereocenters. The predicted octanol–water partition coefficient (Wildman–Crippen LogP) is 1.37. The van der Waals surface area contributed by atoms with Gasteiger partial charge in [-0.05, 0) is 25.1 Å². The topological polar surface area (TPSA) is 87.5 Å². The zero-order chi connectivity index (χ0) is 12.2. The fraction of sp³-hybridized carbons (Fsp3) is 0.100. The van der Waals surface area contributed by atoms with Crippen molar-refractivity contribution in [3.8, 4) is 0 Å². The summed E-state index contributed by atoms with van der Waals surface area (Å²) >= 11 is 0. The lowest BCUT2D eigenvalue weighted by molar-refractivity contribution is 0.483. The molecule has 0 saturated heterocycles. The molecule has 2 N–H and O–H groups in total. The van der Waals surface area contributed by atoms with Gasteiger partial charge in [-0.1, -0.05) is 0 Å². The maximum absolute atomic E-state index is 11.0. The molecule has 0 aliphatic heterocycles. The van der Waals surface area contributed by atoms with Gasteiger partial charge in [0.25, 0.3) is 10.1 Å². The first-order valence-corrected chi connectivity index (χ1v) is 6.34. The van der Waals surface area contributed by atoms with Gasteiger partial charge < -0.3 is 0 Å². The van der Waals surface area contributed by atoms with Gasteiger partial charge in [-0.2, -0.15) is 8.42 Å². The number of hydrogen-bond acceptors (Lipinski definition) is 3. The highest BCUT2D eigenvalue weighted by molar-refractivity contribution is 7.85. The Hall–Kier alpha value is -1.86. The third-order valence-electron chi connectivity index (χ3n) is 2.58. The van der Waals surface area contributed by atoms with Crippen LogP contribution in [-0.2, 0) is 10.1 Å². The molecule has 0 fully saturated rings. The molecular formula is C10H9N3O3S. The zero-order valence-electron chi connectivity index (χ0n) is 8.88. The average molecular weight is 251 g/mol. The number of nitrogens with zero attached hydrogens (tertiary/aromatic N) is 2. The van der Waals surface area contributed by atoms with Gasteiger partial charge in [0.15, 0.2) is 5.65 Å². The first kappa shape index (κ1) is 10.3. The Balaban J connectivity index is 2.38. The van der Waals surface area contributed by atoms with Gasteiger partial charge in [0.2, 0.25) is 0 Å². The van der Waals surface area contributed by atoms with E-state index < -0.39 is 10.1 Å². The summed E-state index contributed by atoms with van der Waals surface area (Å²) in [6, 6.07) is 6.16. The van der Waals surface area contributed by atoms with Crippen LogP contribution in [0, 0.1) is 6.92 Å². The van der Waals surface area contributed by atoms with Gasteiger partial charge in [0.05, 0.1) is 15.9 Å². The van der Waals surface area contributed by atoms with E-state index in [9.17, 15) is 8.42 Å². The number of imidazole rings is 1. The Morgan fingerprint density at radius 2 is 2.12 bits per heavy atom. The standard InChI is InChI=1S/C10H9N3O3S/c1-6-4-10-11-8-5-7(17(14,15)16)2-3-9(8)13(10)12-6/h2-5,12H,1H3,(H,14,15,16). The summed E-state index contributed by atoms with van der Waals surface area (Å²) in [5.41, 5.74) is 2.96. The first-order chi connectivity index (χ1) is 7.95. The summed E-state index contributed by atoms with van der Waals surface area (Å²) in [4.78, 5) is 4.12. The molecule has 0 bridgehead atoms. The van der Waals surface area contributed by atoms with Gasteiger partial charge in [-0.15, -0.1) is 0 Å². The zero-order valence-corrected chi connectivity index (χ0v) is 9.69. The van der Waals surface area contributed by atoms with E-state index in [1.165, 1.54) is 12.1 Å². The number of aromatic nitrogens is 3. The molecule has 6 nitrogen and oxygen atoms in total. The van der Waals surface area contributed by atoms with Gasteiger partial charge in [-0.25, -0.2) is 9.50 Å². The molecular weight excluding hydrogens is 242 g/mol. The molecule has 7 heteroatoms. The number of aromatic amines is 1. The summed E-state index contributed by atoms with van der Waals surface area (Å²) < 4.78 is 32.7. The van der Waals surface area contributed by atoms with Crippen LogP contribution in [0.15, 0.2) is 29.2 Å². The number of hydrogen-bond donors (Lipinski definition) is 2. The van der Waals surface area contributed by atoms with Crippen LogP contribution in [0.2, 0.25) is 0 Å². The summed E-state index contributed by atoms with van der Waals surface area (Å²) in [6.07, 6.45) is 0. The van der Waals surface area contributed by atoms with Crippen molar-refractivity contribution in [2.75, 3.05) is 0 Å². The van der Waals surface area contributed by atoms with E-state index in [1.807, 2.05) is 13.0 Å².